The number of nitrogens with zero attached hydrogens (tertiary/aromatic N) is 1. The lowest BCUT2D eigenvalue weighted by atomic mass is 10.0. The average molecular weight is 315 g/mol. The molecule has 0 aromatic carbocycles. The molecule has 0 unspecified atom stereocenters. The van der Waals surface area contributed by atoms with Gasteiger partial charge in [0.2, 0.25) is 10.0 Å². The van der Waals surface area contributed by atoms with Crippen LogP contribution in [0.2, 0.25) is 0 Å². The Labute approximate surface area is 125 Å². The Bertz CT molecular complexity index is 515. The van der Waals surface area contributed by atoms with Crippen molar-refractivity contribution in [2.75, 3.05) is 18.8 Å². The molecule has 1 aromatic heterocycles. The molecule has 1 aromatic rings. The third-order valence-electron chi connectivity index (χ3n) is 4.06. The highest BCUT2D eigenvalue weighted by molar-refractivity contribution is 7.98. The first-order valence-electron chi connectivity index (χ1n) is 7.25. The minimum absolute atomic E-state index is 0.0626. The summed E-state index contributed by atoms with van der Waals surface area (Å²) in [6.45, 7) is 1.43. The molecular formula is C14H21NO3S2. The topological polar surface area (TPSA) is 50.5 Å². The number of piperidine rings is 1. The Kier molecular flexibility index (Phi) is 4.43. The lowest BCUT2D eigenvalue weighted by Gasteiger charge is -2.31. The van der Waals surface area contributed by atoms with Gasteiger partial charge < -0.3 is 4.42 Å². The van der Waals surface area contributed by atoms with Crippen LogP contribution in [0, 0.1) is 5.92 Å². The van der Waals surface area contributed by atoms with Crippen molar-refractivity contribution >= 4 is 21.8 Å². The summed E-state index contributed by atoms with van der Waals surface area (Å²) in [6.07, 6.45) is 5.42. The summed E-state index contributed by atoms with van der Waals surface area (Å²) >= 11 is 1.88. The molecule has 0 spiro atoms. The van der Waals surface area contributed by atoms with Crippen LogP contribution in [0.5, 0.6) is 0 Å². The first-order valence-corrected chi connectivity index (χ1v) is 9.91. The van der Waals surface area contributed by atoms with Crippen LogP contribution in [0.1, 0.15) is 31.4 Å². The summed E-state index contributed by atoms with van der Waals surface area (Å²) in [5, 5.41) is -0.0626. The quantitative estimate of drug-likeness (QED) is 0.810. The molecule has 112 valence electrons. The predicted octanol–water partition coefficient (Wildman–Crippen LogP) is 2.72. The minimum atomic E-state index is -2.96. The van der Waals surface area contributed by atoms with E-state index in [-0.39, 0.29) is 5.25 Å². The summed E-state index contributed by atoms with van der Waals surface area (Å²) < 4.78 is 31.3. The number of rotatable bonds is 6. The molecule has 0 bridgehead atoms. The van der Waals surface area contributed by atoms with Gasteiger partial charge in [-0.1, -0.05) is 0 Å². The van der Waals surface area contributed by atoms with Gasteiger partial charge in [-0.05, 0) is 49.5 Å². The maximum atomic E-state index is 12.1. The maximum Gasteiger partial charge on any atom is 0.216 e. The molecule has 3 rings (SSSR count). The van der Waals surface area contributed by atoms with E-state index in [1.165, 1.54) is 0 Å². The lowest BCUT2D eigenvalue weighted by Crippen LogP contribution is -2.40. The molecular weight excluding hydrogens is 294 g/mol. The van der Waals surface area contributed by atoms with Gasteiger partial charge in [0.1, 0.15) is 5.76 Å². The van der Waals surface area contributed by atoms with Crippen molar-refractivity contribution in [1.29, 1.82) is 0 Å². The minimum Gasteiger partial charge on any atom is -0.468 e. The van der Waals surface area contributed by atoms with Crippen LogP contribution < -0.4 is 0 Å². The van der Waals surface area contributed by atoms with Gasteiger partial charge in [-0.3, -0.25) is 0 Å². The largest absolute Gasteiger partial charge is 0.468 e. The van der Waals surface area contributed by atoms with Gasteiger partial charge in [0, 0.05) is 13.1 Å². The normalized spacial score (nSPS) is 22.2. The van der Waals surface area contributed by atoms with Crippen molar-refractivity contribution in [3.05, 3.63) is 24.2 Å². The smallest absolute Gasteiger partial charge is 0.216 e. The second-order valence-corrected chi connectivity index (χ2v) is 8.92. The van der Waals surface area contributed by atoms with Crippen LogP contribution >= 0.6 is 11.8 Å². The summed E-state index contributed by atoms with van der Waals surface area (Å²) in [4.78, 5) is 0. The van der Waals surface area contributed by atoms with Crippen LogP contribution in [0.25, 0.3) is 0 Å². The van der Waals surface area contributed by atoms with E-state index in [9.17, 15) is 8.42 Å². The van der Waals surface area contributed by atoms with Gasteiger partial charge in [-0.2, -0.15) is 11.8 Å². The van der Waals surface area contributed by atoms with Crippen LogP contribution in [-0.2, 0) is 15.8 Å². The summed E-state index contributed by atoms with van der Waals surface area (Å²) in [7, 11) is -2.96. The average Bonchev–Trinajstić information content (AvgIpc) is 3.19. The Balaban J connectivity index is 1.40. The van der Waals surface area contributed by atoms with E-state index >= 15 is 0 Å². The SMILES string of the molecule is O=S(=O)(C1CC1)N1CCC(CSCc2ccco2)CC1. The molecule has 1 aliphatic heterocycles. The molecule has 1 saturated heterocycles. The fraction of sp³-hybridized carbons (Fsp3) is 0.714. The van der Waals surface area contributed by atoms with E-state index in [1.807, 2.05) is 23.9 Å². The fourth-order valence-electron chi connectivity index (χ4n) is 2.63. The third kappa shape index (κ3) is 3.40. The lowest BCUT2D eigenvalue weighted by molar-refractivity contribution is 0.290. The van der Waals surface area contributed by atoms with Crippen LogP contribution in [0.3, 0.4) is 0 Å². The molecule has 0 radical (unpaired) electrons. The molecule has 0 atom stereocenters. The molecule has 0 N–H and O–H groups in total. The standard InChI is InChI=1S/C14H21NO3S2/c16-20(17,14-3-4-14)15-7-5-12(6-8-15)10-19-11-13-2-1-9-18-13/h1-2,9,12,14H,3-8,10-11H2. The van der Waals surface area contributed by atoms with Gasteiger partial charge in [-0.15, -0.1) is 0 Å². The second-order valence-electron chi connectivity index (χ2n) is 5.68. The van der Waals surface area contributed by atoms with Crippen molar-refractivity contribution in [3.8, 4) is 0 Å². The number of hydrogen-bond donors (Lipinski definition) is 0. The molecule has 20 heavy (non-hydrogen) atoms. The molecule has 4 nitrogen and oxygen atoms in total. The summed E-state index contributed by atoms with van der Waals surface area (Å²) in [5.74, 6) is 3.66. The van der Waals surface area contributed by atoms with Gasteiger partial charge in [0.15, 0.2) is 0 Å². The summed E-state index contributed by atoms with van der Waals surface area (Å²) in [5.41, 5.74) is 0. The van der Waals surface area contributed by atoms with E-state index in [4.69, 9.17) is 4.42 Å². The molecule has 2 fully saturated rings. The number of sulfonamides is 1. The highest BCUT2D eigenvalue weighted by atomic mass is 32.2. The van der Waals surface area contributed by atoms with Crippen LogP contribution in [0.15, 0.2) is 22.8 Å². The van der Waals surface area contributed by atoms with E-state index in [0.717, 1.165) is 42.9 Å². The van der Waals surface area contributed by atoms with Gasteiger partial charge in [-0.25, -0.2) is 12.7 Å². The first kappa shape index (κ1) is 14.5. The van der Waals surface area contributed by atoms with Gasteiger partial charge in [0.25, 0.3) is 0 Å². The van der Waals surface area contributed by atoms with Gasteiger partial charge in [0.05, 0.1) is 17.3 Å². The summed E-state index contributed by atoms with van der Waals surface area (Å²) in [6, 6.07) is 3.91. The van der Waals surface area contributed by atoms with Crippen molar-refractivity contribution in [3.63, 3.8) is 0 Å². The zero-order valence-corrected chi connectivity index (χ0v) is 13.2. The maximum absolute atomic E-state index is 12.1. The number of hydrogen-bond acceptors (Lipinski definition) is 4. The van der Waals surface area contributed by atoms with Crippen molar-refractivity contribution < 1.29 is 12.8 Å². The van der Waals surface area contributed by atoms with E-state index in [1.54, 1.807) is 10.6 Å². The van der Waals surface area contributed by atoms with Crippen LogP contribution in [-0.4, -0.2) is 36.8 Å². The van der Waals surface area contributed by atoms with Crippen molar-refractivity contribution in [2.24, 2.45) is 5.92 Å². The molecule has 0 amide bonds. The Morgan fingerprint density at radius 2 is 2.00 bits per heavy atom. The van der Waals surface area contributed by atoms with E-state index in [2.05, 4.69) is 0 Å². The van der Waals surface area contributed by atoms with Crippen LogP contribution in [0.4, 0.5) is 0 Å². The van der Waals surface area contributed by atoms with E-state index < -0.39 is 10.0 Å². The molecule has 1 aliphatic carbocycles. The number of thioether (sulfide) groups is 1. The monoisotopic (exact) mass is 315 g/mol. The van der Waals surface area contributed by atoms with E-state index in [0.29, 0.717) is 19.0 Å². The highest BCUT2D eigenvalue weighted by Gasteiger charge is 2.41. The Morgan fingerprint density at radius 1 is 1.25 bits per heavy atom. The molecule has 2 heterocycles. The second kappa shape index (κ2) is 6.12. The van der Waals surface area contributed by atoms with Gasteiger partial charge >= 0.3 is 0 Å². The Hall–Kier alpha value is -0.460. The first-order chi connectivity index (χ1) is 9.66. The third-order valence-corrected chi connectivity index (χ3v) is 7.65. The van der Waals surface area contributed by atoms with Crippen molar-refractivity contribution in [2.45, 2.75) is 36.7 Å². The number of furan rings is 1. The Morgan fingerprint density at radius 3 is 2.60 bits per heavy atom. The highest BCUT2D eigenvalue weighted by Crippen LogP contribution is 2.33. The fourth-order valence-corrected chi connectivity index (χ4v) is 5.65. The zero-order chi connectivity index (χ0) is 14.0. The molecule has 2 aliphatic rings. The molecule has 6 heteroatoms. The van der Waals surface area contributed by atoms with Crippen molar-refractivity contribution in [1.82, 2.24) is 4.31 Å². The molecule has 1 saturated carbocycles. The predicted molar refractivity (Wildman–Crippen MR) is 81.1 cm³/mol. The zero-order valence-electron chi connectivity index (χ0n) is 11.5.